The second kappa shape index (κ2) is 23.3. The van der Waals surface area contributed by atoms with Gasteiger partial charge in [0.1, 0.15) is 0 Å². The molecule has 2 unspecified atom stereocenters. The van der Waals surface area contributed by atoms with Crippen LogP contribution < -0.4 is 10.6 Å². The molecule has 222 valence electrons. The maximum atomic E-state index is 3.73. The molecule has 0 radical (unpaired) electrons. The summed E-state index contributed by atoms with van der Waals surface area (Å²) in [5, 5.41) is 7.37. The van der Waals surface area contributed by atoms with Crippen molar-refractivity contribution in [1.82, 2.24) is 10.6 Å². The highest BCUT2D eigenvalue weighted by Gasteiger charge is 2.17. The predicted octanol–water partition coefficient (Wildman–Crippen LogP) is 10.6. The minimum absolute atomic E-state index is 0.582. The monoisotopic (exact) mass is 537 g/mol. The van der Waals surface area contributed by atoms with E-state index in [1.54, 1.807) is 0 Å². The van der Waals surface area contributed by atoms with Crippen LogP contribution >= 0.6 is 0 Å². The lowest BCUT2D eigenvalue weighted by atomic mass is 9.85. The van der Waals surface area contributed by atoms with E-state index in [0.717, 1.165) is 26.2 Å². The van der Waals surface area contributed by atoms with Crippen molar-refractivity contribution in [2.45, 2.75) is 143 Å². The van der Waals surface area contributed by atoms with Gasteiger partial charge in [0.2, 0.25) is 0 Å². The molecule has 1 aromatic carbocycles. The van der Waals surface area contributed by atoms with Gasteiger partial charge in [0.25, 0.3) is 0 Å². The van der Waals surface area contributed by atoms with Gasteiger partial charge in [0.05, 0.1) is 0 Å². The largest absolute Gasteiger partial charge is 0.316 e. The molecule has 2 heteroatoms. The summed E-state index contributed by atoms with van der Waals surface area (Å²) in [6, 6.07) is 9.22. The van der Waals surface area contributed by atoms with E-state index in [1.807, 2.05) is 0 Å². The fourth-order valence-electron chi connectivity index (χ4n) is 5.75. The topological polar surface area (TPSA) is 24.1 Å². The average Bonchev–Trinajstić information content (AvgIpc) is 2.95. The van der Waals surface area contributed by atoms with Gasteiger partial charge in [-0.25, -0.2) is 0 Å². The quantitative estimate of drug-likeness (QED) is 0.121. The van der Waals surface area contributed by atoms with Gasteiger partial charge in [-0.1, -0.05) is 166 Å². The zero-order valence-corrected chi connectivity index (χ0v) is 26.3. The van der Waals surface area contributed by atoms with Crippen molar-refractivity contribution in [2.75, 3.05) is 19.6 Å². The Hall–Kier alpha value is -1.38. The van der Waals surface area contributed by atoms with Crippen molar-refractivity contribution in [1.29, 1.82) is 0 Å². The summed E-state index contributed by atoms with van der Waals surface area (Å²) in [6.45, 7) is 11.3. The van der Waals surface area contributed by atoms with E-state index < -0.39 is 0 Å². The number of unbranched alkanes of at least 4 members (excludes halogenated alkanes) is 16. The highest BCUT2D eigenvalue weighted by atomic mass is 14.9. The van der Waals surface area contributed by atoms with Gasteiger partial charge in [0, 0.05) is 13.1 Å². The molecule has 0 bridgehead atoms. The Labute approximate surface area is 243 Å². The van der Waals surface area contributed by atoms with Crippen LogP contribution in [0.4, 0.5) is 0 Å². The zero-order valence-electron chi connectivity index (χ0n) is 26.3. The molecule has 0 saturated heterocycles. The van der Waals surface area contributed by atoms with Crippen molar-refractivity contribution in [3.8, 4) is 0 Å². The van der Waals surface area contributed by atoms with Crippen molar-refractivity contribution in [2.24, 2.45) is 11.8 Å². The summed E-state index contributed by atoms with van der Waals surface area (Å²) >= 11 is 0. The van der Waals surface area contributed by atoms with Gasteiger partial charge < -0.3 is 10.6 Å². The van der Waals surface area contributed by atoms with Crippen molar-refractivity contribution in [3.63, 3.8) is 0 Å². The van der Waals surface area contributed by atoms with Gasteiger partial charge in [-0.05, 0) is 54.5 Å². The Kier molecular flexibility index (Phi) is 20.2. The second-order valence-electron chi connectivity index (χ2n) is 12.2. The maximum absolute atomic E-state index is 3.73. The van der Waals surface area contributed by atoms with E-state index in [1.165, 1.54) is 132 Å². The minimum Gasteiger partial charge on any atom is -0.316 e. The first-order valence-corrected chi connectivity index (χ1v) is 17.1. The molecule has 0 amide bonds. The van der Waals surface area contributed by atoms with Gasteiger partial charge in [-0.3, -0.25) is 0 Å². The second-order valence-corrected chi connectivity index (χ2v) is 12.2. The maximum Gasteiger partial charge on any atom is 0.0205 e. The fourth-order valence-corrected chi connectivity index (χ4v) is 5.75. The van der Waals surface area contributed by atoms with Crippen LogP contribution in [0.25, 0.3) is 5.57 Å². The Balaban J connectivity index is 1.52. The third kappa shape index (κ3) is 16.5. The van der Waals surface area contributed by atoms with Crippen LogP contribution in [-0.2, 0) is 6.54 Å². The zero-order chi connectivity index (χ0) is 27.8. The summed E-state index contributed by atoms with van der Waals surface area (Å²) in [7, 11) is 0. The molecule has 0 aliphatic heterocycles. The highest BCUT2D eigenvalue weighted by molar-refractivity contribution is 5.75. The number of allylic oxidation sites excluding steroid dienone is 3. The average molecular weight is 537 g/mol. The Morgan fingerprint density at radius 3 is 1.59 bits per heavy atom. The van der Waals surface area contributed by atoms with Gasteiger partial charge in [-0.15, -0.1) is 0 Å². The number of nitrogens with one attached hydrogen (secondary N) is 2. The summed E-state index contributed by atoms with van der Waals surface area (Å²) < 4.78 is 0. The van der Waals surface area contributed by atoms with E-state index in [9.17, 15) is 0 Å². The van der Waals surface area contributed by atoms with Crippen LogP contribution in [-0.4, -0.2) is 19.6 Å². The molecule has 1 aliphatic rings. The van der Waals surface area contributed by atoms with E-state index in [2.05, 4.69) is 73.9 Å². The lowest BCUT2D eigenvalue weighted by Crippen LogP contribution is -2.27. The smallest absolute Gasteiger partial charge is 0.0205 e. The molecule has 2 atom stereocenters. The number of rotatable bonds is 25. The van der Waals surface area contributed by atoms with Crippen molar-refractivity contribution >= 4 is 5.57 Å². The molecule has 39 heavy (non-hydrogen) atoms. The molecule has 0 fully saturated rings. The van der Waals surface area contributed by atoms with Crippen LogP contribution in [0, 0.1) is 11.8 Å². The summed E-state index contributed by atoms with van der Waals surface area (Å²) in [4.78, 5) is 0. The third-order valence-corrected chi connectivity index (χ3v) is 8.55. The van der Waals surface area contributed by atoms with E-state index >= 15 is 0 Å². The first-order chi connectivity index (χ1) is 19.2. The van der Waals surface area contributed by atoms with E-state index in [4.69, 9.17) is 0 Å². The van der Waals surface area contributed by atoms with Crippen molar-refractivity contribution < 1.29 is 0 Å². The van der Waals surface area contributed by atoms with E-state index in [0.29, 0.717) is 11.8 Å². The Morgan fingerprint density at radius 1 is 0.590 bits per heavy atom. The first-order valence-electron chi connectivity index (χ1n) is 17.1. The highest BCUT2D eigenvalue weighted by Crippen LogP contribution is 2.28. The molecule has 0 aromatic heterocycles. The summed E-state index contributed by atoms with van der Waals surface area (Å²) in [6.07, 6.45) is 32.4. The lowest BCUT2D eigenvalue weighted by Gasteiger charge is -2.24. The molecular weight excluding hydrogens is 472 g/mol. The molecule has 0 heterocycles. The van der Waals surface area contributed by atoms with Crippen LogP contribution in [0.2, 0.25) is 0 Å². The summed E-state index contributed by atoms with van der Waals surface area (Å²) in [5.74, 6) is 1.19. The standard InChI is InChI=1S/C37H64N2/c1-4-6-8-10-12-14-16-18-20-28-38-31-34-22-24-35(25-23-34)36-26-27-37(33(3)30-36)32-39-29-21-19-17-15-13-11-9-7-5-2/h22-27,30,33,37-39H,4-21,28-29,31-32H2,1-3H3. The normalized spacial score (nSPS) is 17.1. The van der Waals surface area contributed by atoms with Gasteiger partial charge >= 0.3 is 0 Å². The molecule has 1 aliphatic carbocycles. The predicted molar refractivity (Wildman–Crippen MR) is 175 cm³/mol. The first kappa shape index (κ1) is 33.8. The summed E-state index contributed by atoms with van der Waals surface area (Å²) in [5.41, 5.74) is 4.12. The fraction of sp³-hybridized carbons (Fsp3) is 0.730. The molecule has 2 N–H and O–H groups in total. The SMILES string of the molecule is CCCCCCCCCCCNCc1ccc(C2=CC(C)C(CNCCCCCCCCCCC)C=C2)cc1. The van der Waals surface area contributed by atoms with Gasteiger partial charge in [-0.2, -0.15) is 0 Å². The van der Waals surface area contributed by atoms with Crippen LogP contribution in [0.15, 0.2) is 42.5 Å². The number of hydrogen-bond acceptors (Lipinski definition) is 2. The van der Waals surface area contributed by atoms with Crippen molar-refractivity contribution in [3.05, 3.63) is 53.6 Å². The number of hydrogen-bond donors (Lipinski definition) is 2. The Bertz CT molecular complexity index is 747. The molecule has 0 saturated carbocycles. The lowest BCUT2D eigenvalue weighted by molar-refractivity contribution is 0.457. The van der Waals surface area contributed by atoms with Crippen LogP contribution in [0.3, 0.4) is 0 Å². The van der Waals surface area contributed by atoms with Crippen LogP contribution in [0.1, 0.15) is 147 Å². The number of benzene rings is 1. The Morgan fingerprint density at radius 2 is 1.08 bits per heavy atom. The molecular formula is C37H64N2. The molecule has 2 nitrogen and oxygen atoms in total. The molecule has 1 aromatic rings. The van der Waals surface area contributed by atoms with Crippen LogP contribution in [0.5, 0.6) is 0 Å². The van der Waals surface area contributed by atoms with Gasteiger partial charge in [0.15, 0.2) is 0 Å². The third-order valence-electron chi connectivity index (χ3n) is 8.55. The molecule has 0 spiro atoms. The van der Waals surface area contributed by atoms with E-state index in [-0.39, 0.29) is 0 Å². The minimum atomic E-state index is 0.582. The molecule has 2 rings (SSSR count).